The van der Waals surface area contributed by atoms with Gasteiger partial charge in [0.25, 0.3) is 0 Å². The van der Waals surface area contributed by atoms with Gasteiger partial charge in [0.15, 0.2) is 5.43 Å². The van der Waals surface area contributed by atoms with E-state index in [0.29, 0.717) is 6.54 Å². The molecule has 0 N–H and O–H groups in total. The van der Waals surface area contributed by atoms with Crippen molar-refractivity contribution in [1.82, 2.24) is 9.55 Å². The summed E-state index contributed by atoms with van der Waals surface area (Å²) >= 11 is 3.42. The number of pyridine rings is 2. The van der Waals surface area contributed by atoms with Gasteiger partial charge in [0.1, 0.15) is 0 Å². The average Bonchev–Trinajstić information content (AvgIpc) is 2.42. The first-order chi connectivity index (χ1) is 9.24. The van der Waals surface area contributed by atoms with E-state index in [2.05, 4.69) is 25.5 Å². The molecule has 4 heteroatoms. The predicted molar refractivity (Wildman–Crippen MR) is 79.2 cm³/mol. The number of benzene rings is 1. The van der Waals surface area contributed by atoms with Crippen molar-refractivity contribution in [3.8, 4) is 0 Å². The fourth-order valence-electron chi connectivity index (χ4n) is 2.14. The van der Waals surface area contributed by atoms with Gasteiger partial charge in [-0.1, -0.05) is 12.1 Å². The van der Waals surface area contributed by atoms with Crippen molar-refractivity contribution in [2.24, 2.45) is 0 Å². The fraction of sp³-hybridized carbons (Fsp3) is 0.0667. The van der Waals surface area contributed by atoms with E-state index >= 15 is 0 Å². The highest BCUT2D eigenvalue weighted by Crippen LogP contribution is 2.14. The van der Waals surface area contributed by atoms with Gasteiger partial charge in [-0.3, -0.25) is 9.78 Å². The van der Waals surface area contributed by atoms with Crippen LogP contribution < -0.4 is 5.43 Å². The van der Waals surface area contributed by atoms with Crippen LogP contribution in [-0.2, 0) is 6.54 Å². The number of aromatic nitrogens is 2. The second-order valence-electron chi connectivity index (χ2n) is 4.34. The molecule has 0 spiro atoms. The number of fused-ring (bicyclic) bond motifs is 1. The van der Waals surface area contributed by atoms with Crippen LogP contribution in [0.4, 0.5) is 0 Å². The van der Waals surface area contributed by atoms with Crippen LogP contribution in [0.25, 0.3) is 10.9 Å². The maximum Gasteiger partial charge on any atom is 0.189 e. The summed E-state index contributed by atoms with van der Waals surface area (Å²) in [4.78, 5) is 16.0. The molecule has 19 heavy (non-hydrogen) atoms. The van der Waals surface area contributed by atoms with Crippen molar-refractivity contribution < 1.29 is 0 Å². The molecular weight excluding hydrogens is 304 g/mol. The van der Waals surface area contributed by atoms with Crippen LogP contribution in [0, 0.1) is 0 Å². The van der Waals surface area contributed by atoms with Crippen LogP contribution in [0.2, 0.25) is 0 Å². The van der Waals surface area contributed by atoms with E-state index in [1.54, 1.807) is 12.3 Å². The zero-order valence-electron chi connectivity index (χ0n) is 10.1. The molecule has 0 aliphatic rings. The van der Waals surface area contributed by atoms with Gasteiger partial charge in [-0.2, -0.15) is 0 Å². The number of hydrogen-bond acceptors (Lipinski definition) is 2. The van der Waals surface area contributed by atoms with Crippen LogP contribution in [0.15, 0.2) is 64.3 Å². The number of nitrogens with zero attached hydrogens (tertiary/aromatic N) is 2. The fourth-order valence-corrected chi connectivity index (χ4v) is 2.55. The average molecular weight is 315 g/mol. The zero-order valence-corrected chi connectivity index (χ0v) is 11.7. The molecule has 1 aromatic carbocycles. The molecular formula is C15H11BrN2O. The predicted octanol–water partition coefficient (Wildman–Crippen LogP) is 3.21. The number of para-hydroxylation sites is 1. The van der Waals surface area contributed by atoms with Crippen molar-refractivity contribution in [2.75, 3.05) is 0 Å². The molecule has 0 unspecified atom stereocenters. The third kappa shape index (κ3) is 2.44. The molecule has 0 aliphatic heterocycles. The molecule has 3 aromatic rings. The van der Waals surface area contributed by atoms with Crippen LogP contribution in [0.3, 0.4) is 0 Å². The standard InChI is InChI=1S/C15H11BrN2O/c16-12-7-11(8-17-9-12)10-18-6-5-15(19)13-3-1-2-4-14(13)18/h1-9H,10H2. The minimum absolute atomic E-state index is 0.0548. The summed E-state index contributed by atoms with van der Waals surface area (Å²) in [5, 5.41) is 0.743. The maximum atomic E-state index is 11.8. The number of halogens is 1. The van der Waals surface area contributed by atoms with Crippen molar-refractivity contribution >= 4 is 26.8 Å². The first-order valence-electron chi connectivity index (χ1n) is 5.92. The Bertz CT molecular complexity index is 795. The minimum atomic E-state index is 0.0548. The lowest BCUT2D eigenvalue weighted by atomic mass is 10.2. The Morgan fingerprint density at radius 3 is 2.84 bits per heavy atom. The molecule has 0 fully saturated rings. The van der Waals surface area contributed by atoms with E-state index in [-0.39, 0.29) is 5.43 Å². The van der Waals surface area contributed by atoms with E-state index in [4.69, 9.17) is 0 Å². The maximum absolute atomic E-state index is 11.8. The number of hydrogen-bond donors (Lipinski definition) is 0. The van der Waals surface area contributed by atoms with E-state index in [1.165, 1.54) is 0 Å². The summed E-state index contributed by atoms with van der Waals surface area (Å²) in [5.41, 5.74) is 2.08. The summed E-state index contributed by atoms with van der Waals surface area (Å²) in [5.74, 6) is 0. The molecule has 94 valence electrons. The molecule has 3 nitrogen and oxygen atoms in total. The Morgan fingerprint density at radius 2 is 2.00 bits per heavy atom. The van der Waals surface area contributed by atoms with Crippen molar-refractivity contribution in [3.63, 3.8) is 0 Å². The smallest absolute Gasteiger partial charge is 0.189 e. The molecule has 0 saturated carbocycles. The van der Waals surface area contributed by atoms with Crippen LogP contribution >= 0.6 is 15.9 Å². The lowest BCUT2D eigenvalue weighted by Gasteiger charge is -2.10. The minimum Gasteiger partial charge on any atom is -0.343 e. The molecule has 2 heterocycles. The quantitative estimate of drug-likeness (QED) is 0.728. The normalized spacial score (nSPS) is 10.8. The summed E-state index contributed by atoms with van der Waals surface area (Å²) in [6.07, 6.45) is 5.41. The Balaban J connectivity index is 2.11. The molecule has 3 rings (SSSR count). The Labute approximate surface area is 118 Å². The summed E-state index contributed by atoms with van der Waals surface area (Å²) in [6.45, 7) is 0.688. The van der Waals surface area contributed by atoms with Gasteiger partial charge in [-0.05, 0) is 39.7 Å². The Kier molecular flexibility index (Phi) is 3.17. The van der Waals surface area contributed by atoms with Crippen molar-refractivity contribution in [3.05, 3.63) is 75.2 Å². The molecule has 0 aliphatic carbocycles. The lowest BCUT2D eigenvalue weighted by Crippen LogP contribution is -2.08. The van der Waals surface area contributed by atoms with E-state index in [9.17, 15) is 4.79 Å². The first-order valence-corrected chi connectivity index (χ1v) is 6.71. The second-order valence-corrected chi connectivity index (χ2v) is 5.25. The Morgan fingerprint density at radius 1 is 1.16 bits per heavy atom. The summed E-state index contributed by atoms with van der Waals surface area (Å²) < 4.78 is 3.01. The molecule has 0 bridgehead atoms. The third-order valence-electron chi connectivity index (χ3n) is 3.00. The van der Waals surface area contributed by atoms with Crippen LogP contribution in [-0.4, -0.2) is 9.55 Å². The molecule has 0 amide bonds. The van der Waals surface area contributed by atoms with Crippen LogP contribution in [0.1, 0.15) is 5.56 Å². The summed E-state index contributed by atoms with van der Waals surface area (Å²) in [6, 6.07) is 11.3. The molecule has 0 radical (unpaired) electrons. The van der Waals surface area contributed by atoms with Gasteiger partial charge >= 0.3 is 0 Å². The second kappa shape index (κ2) is 4.97. The monoisotopic (exact) mass is 314 g/mol. The van der Waals surface area contributed by atoms with Gasteiger partial charge in [0.2, 0.25) is 0 Å². The Hall–Kier alpha value is -1.94. The van der Waals surface area contributed by atoms with Gasteiger partial charge in [0, 0.05) is 41.1 Å². The van der Waals surface area contributed by atoms with Crippen molar-refractivity contribution in [1.29, 1.82) is 0 Å². The highest BCUT2D eigenvalue weighted by molar-refractivity contribution is 9.10. The van der Waals surface area contributed by atoms with Gasteiger partial charge < -0.3 is 4.57 Å². The SMILES string of the molecule is O=c1ccn(Cc2cncc(Br)c2)c2ccccc12. The molecule has 0 saturated heterocycles. The molecule has 0 atom stereocenters. The van der Waals surface area contributed by atoms with Crippen molar-refractivity contribution in [2.45, 2.75) is 6.54 Å². The summed E-state index contributed by atoms with van der Waals surface area (Å²) in [7, 11) is 0. The highest BCUT2D eigenvalue weighted by Gasteiger charge is 2.03. The van der Waals surface area contributed by atoms with E-state index < -0.39 is 0 Å². The lowest BCUT2D eigenvalue weighted by molar-refractivity contribution is 0.820. The van der Waals surface area contributed by atoms with Gasteiger partial charge in [-0.25, -0.2) is 0 Å². The largest absolute Gasteiger partial charge is 0.343 e. The van der Waals surface area contributed by atoms with E-state index in [1.807, 2.05) is 42.7 Å². The van der Waals surface area contributed by atoms with Crippen LogP contribution in [0.5, 0.6) is 0 Å². The topological polar surface area (TPSA) is 34.9 Å². The van der Waals surface area contributed by atoms with E-state index in [0.717, 1.165) is 20.9 Å². The first kappa shape index (κ1) is 12.1. The van der Waals surface area contributed by atoms with Gasteiger partial charge in [-0.15, -0.1) is 0 Å². The zero-order chi connectivity index (χ0) is 13.2. The molecule has 2 aromatic heterocycles. The third-order valence-corrected chi connectivity index (χ3v) is 3.43. The van der Waals surface area contributed by atoms with Gasteiger partial charge in [0.05, 0.1) is 5.52 Å². The number of rotatable bonds is 2. The highest BCUT2D eigenvalue weighted by atomic mass is 79.9.